The van der Waals surface area contributed by atoms with E-state index in [9.17, 15) is 0 Å². The molecule has 2 rings (SSSR count). The summed E-state index contributed by atoms with van der Waals surface area (Å²) in [6.07, 6.45) is 1.51. The highest BCUT2D eigenvalue weighted by Crippen LogP contribution is 2.20. The maximum atomic E-state index is 5.91. The second-order valence-corrected chi connectivity index (χ2v) is 5.94. The first-order valence-electron chi connectivity index (χ1n) is 6.76. The second-order valence-electron chi connectivity index (χ2n) is 5.94. The van der Waals surface area contributed by atoms with E-state index < -0.39 is 0 Å². The summed E-state index contributed by atoms with van der Waals surface area (Å²) in [5.41, 5.74) is -0.00579. The summed E-state index contributed by atoms with van der Waals surface area (Å²) in [4.78, 5) is 2.52. The van der Waals surface area contributed by atoms with Gasteiger partial charge in [0, 0.05) is 25.7 Å². The summed E-state index contributed by atoms with van der Waals surface area (Å²) in [7, 11) is 0. The van der Waals surface area contributed by atoms with Gasteiger partial charge < -0.3 is 14.8 Å². The predicted molar refractivity (Wildman–Crippen MR) is 68.3 cm³/mol. The standard InChI is InChI=1S/C13H26N2O2/c1-11-8-15(10-13(2,3)17-11)6-4-12-9-16-7-5-14-12/h11-12,14H,4-10H2,1-3H3. The number of hydrogen-bond acceptors (Lipinski definition) is 4. The minimum Gasteiger partial charge on any atom is -0.379 e. The van der Waals surface area contributed by atoms with Gasteiger partial charge in [0.15, 0.2) is 0 Å². The summed E-state index contributed by atoms with van der Waals surface area (Å²) in [5, 5.41) is 3.51. The lowest BCUT2D eigenvalue weighted by atomic mass is 10.0. The summed E-state index contributed by atoms with van der Waals surface area (Å²) in [5.74, 6) is 0. The number of hydrogen-bond donors (Lipinski definition) is 1. The fraction of sp³-hybridized carbons (Fsp3) is 1.00. The molecule has 2 unspecified atom stereocenters. The second kappa shape index (κ2) is 5.65. The van der Waals surface area contributed by atoms with Crippen LogP contribution in [0.1, 0.15) is 27.2 Å². The molecule has 2 saturated heterocycles. The van der Waals surface area contributed by atoms with Crippen LogP contribution in [0, 0.1) is 0 Å². The van der Waals surface area contributed by atoms with E-state index in [0.717, 1.165) is 39.4 Å². The highest BCUT2D eigenvalue weighted by molar-refractivity contribution is 4.83. The fourth-order valence-corrected chi connectivity index (χ4v) is 2.90. The normalized spacial score (nSPS) is 34.8. The van der Waals surface area contributed by atoms with Crippen LogP contribution in [-0.2, 0) is 9.47 Å². The lowest BCUT2D eigenvalue weighted by Gasteiger charge is -2.42. The third kappa shape index (κ3) is 4.21. The molecule has 2 fully saturated rings. The third-order valence-corrected chi connectivity index (χ3v) is 3.43. The van der Waals surface area contributed by atoms with Crippen LogP contribution < -0.4 is 5.32 Å². The quantitative estimate of drug-likeness (QED) is 0.796. The Bertz CT molecular complexity index is 240. The van der Waals surface area contributed by atoms with Crippen molar-refractivity contribution in [3.63, 3.8) is 0 Å². The van der Waals surface area contributed by atoms with E-state index in [2.05, 4.69) is 31.0 Å². The van der Waals surface area contributed by atoms with Gasteiger partial charge in [-0.25, -0.2) is 0 Å². The molecule has 17 heavy (non-hydrogen) atoms. The Morgan fingerprint density at radius 3 is 2.88 bits per heavy atom. The van der Waals surface area contributed by atoms with Gasteiger partial charge in [0.05, 0.1) is 24.9 Å². The summed E-state index contributed by atoms with van der Waals surface area (Å²) < 4.78 is 11.4. The molecular weight excluding hydrogens is 216 g/mol. The Morgan fingerprint density at radius 2 is 2.24 bits per heavy atom. The van der Waals surface area contributed by atoms with E-state index in [1.165, 1.54) is 6.42 Å². The molecule has 0 amide bonds. The minimum absolute atomic E-state index is 0.00579. The van der Waals surface area contributed by atoms with Crippen molar-refractivity contribution in [2.45, 2.75) is 44.9 Å². The molecule has 2 atom stereocenters. The average molecular weight is 242 g/mol. The predicted octanol–water partition coefficient (Wildman–Crippen LogP) is 0.864. The van der Waals surface area contributed by atoms with E-state index in [4.69, 9.17) is 9.47 Å². The van der Waals surface area contributed by atoms with Crippen molar-refractivity contribution < 1.29 is 9.47 Å². The van der Waals surface area contributed by atoms with Gasteiger partial charge in [-0.2, -0.15) is 0 Å². The zero-order chi connectivity index (χ0) is 12.3. The molecular formula is C13H26N2O2. The Balaban J connectivity index is 1.74. The maximum Gasteiger partial charge on any atom is 0.0757 e. The van der Waals surface area contributed by atoms with Gasteiger partial charge in [-0.15, -0.1) is 0 Å². The SMILES string of the molecule is CC1CN(CCC2COCCN2)CC(C)(C)O1. The van der Waals surface area contributed by atoms with Crippen LogP contribution in [0.15, 0.2) is 0 Å². The van der Waals surface area contributed by atoms with Crippen molar-refractivity contribution in [3.05, 3.63) is 0 Å². The zero-order valence-corrected chi connectivity index (χ0v) is 11.4. The Hall–Kier alpha value is -0.160. The maximum absolute atomic E-state index is 5.91. The third-order valence-electron chi connectivity index (χ3n) is 3.43. The number of nitrogens with one attached hydrogen (secondary N) is 1. The van der Waals surface area contributed by atoms with Gasteiger partial charge >= 0.3 is 0 Å². The summed E-state index contributed by atoms with van der Waals surface area (Å²) in [6.45, 7) is 12.5. The lowest BCUT2D eigenvalue weighted by Crippen LogP contribution is -2.53. The Labute approximate surface area is 105 Å². The van der Waals surface area contributed by atoms with Crippen molar-refractivity contribution in [1.29, 1.82) is 0 Å². The largest absolute Gasteiger partial charge is 0.379 e. The van der Waals surface area contributed by atoms with E-state index in [1.54, 1.807) is 0 Å². The van der Waals surface area contributed by atoms with Crippen LogP contribution in [0.3, 0.4) is 0 Å². The molecule has 1 N–H and O–H groups in total. The zero-order valence-electron chi connectivity index (χ0n) is 11.4. The molecule has 2 aliphatic heterocycles. The number of rotatable bonds is 3. The highest BCUT2D eigenvalue weighted by atomic mass is 16.5. The van der Waals surface area contributed by atoms with Crippen molar-refractivity contribution in [2.24, 2.45) is 0 Å². The molecule has 4 heteroatoms. The van der Waals surface area contributed by atoms with Gasteiger partial charge in [-0.05, 0) is 33.7 Å². The first-order valence-corrected chi connectivity index (χ1v) is 6.76. The minimum atomic E-state index is -0.00579. The van der Waals surface area contributed by atoms with Crippen LogP contribution in [-0.4, -0.2) is 62.0 Å². The first-order chi connectivity index (χ1) is 8.05. The Kier molecular flexibility index (Phi) is 4.42. The van der Waals surface area contributed by atoms with E-state index in [1.807, 2.05) is 0 Å². The van der Waals surface area contributed by atoms with E-state index >= 15 is 0 Å². The number of ether oxygens (including phenoxy) is 2. The van der Waals surface area contributed by atoms with Crippen molar-refractivity contribution in [3.8, 4) is 0 Å². The lowest BCUT2D eigenvalue weighted by molar-refractivity contribution is -0.129. The molecule has 2 aliphatic rings. The van der Waals surface area contributed by atoms with Crippen LogP contribution in [0.25, 0.3) is 0 Å². The van der Waals surface area contributed by atoms with Crippen molar-refractivity contribution in [2.75, 3.05) is 39.4 Å². The first kappa shape index (κ1) is 13.3. The highest BCUT2D eigenvalue weighted by Gasteiger charge is 2.31. The molecule has 100 valence electrons. The molecule has 0 aromatic heterocycles. The fourth-order valence-electron chi connectivity index (χ4n) is 2.90. The number of nitrogens with zero attached hydrogens (tertiary/aromatic N) is 1. The van der Waals surface area contributed by atoms with Gasteiger partial charge in [0.1, 0.15) is 0 Å². The molecule has 0 aromatic rings. The van der Waals surface area contributed by atoms with Gasteiger partial charge in [-0.3, -0.25) is 4.90 Å². The van der Waals surface area contributed by atoms with E-state index in [-0.39, 0.29) is 5.60 Å². The van der Waals surface area contributed by atoms with Crippen LogP contribution >= 0.6 is 0 Å². The smallest absolute Gasteiger partial charge is 0.0757 e. The summed E-state index contributed by atoms with van der Waals surface area (Å²) in [6, 6.07) is 0.532. The number of morpholine rings is 2. The molecule has 0 radical (unpaired) electrons. The molecule has 0 aliphatic carbocycles. The van der Waals surface area contributed by atoms with Gasteiger partial charge in [0.25, 0.3) is 0 Å². The molecule has 0 spiro atoms. The molecule has 2 heterocycles. The molecule has 4 nitrogen and oxygen atoms in total. The van der Waals surface area contributed by atoms with Crippen molar-refractivity contribution >= 4 is 0 Å². The average Bonchev–Trinajstić information content (AvgIpc) is 2.25. The van der Waals surface area contributed by atoms with Crippen LogP contribution in [0.2, 0.25) is 0 Å². The monoisotopic (exact) mass is 242 g/mol. The van der Waals surface area contributed by atoms with E-state index in [0.29, 0.717) is 12.1 Å². The summed E-state index contributed by atoms with van der Waals surface area (Å²) >= 11 is 0. The topological polar surface area (TPSA) is 33.7 Å². The van der Waals surface area contributed by atoms with Crippen LogP contribution in [0.5, 0.6) is 0 Å². The molecule has 0 bridgehead atoms. The van der Waals surface area contributed by atoms with Crippen molar-refractivity contribution in [1.82, 2.24) is 10.2 Å². The molecule has 0 aromatic carbocycles. The van der Waals surface area contributed by atoms with Gasteiger partial charge in [0.2, 0.25) is 0 Å². The van der Waals surface area contributed by atoms with Crippen LogP contribution in [0.4, 0.5) is 0 Å². The van der Waals surface area contributed by atoms with Gasteiger partial charge in [-0.1, -0.05) is 0 Å². The molecule has 0 saturated carbocycles. The Morgan fingerprint density at radius 1 is 1.41 bits per heavy atom.